The zero-order valence-corrected chi connectivity index (χ0v) is 24.2. The lowest BCUT2D eigenvalue weighted by atomic mass is 9.89. The number of aromatic nitrogens is 2. The lowest BCUT2D eigenvalue weighted by Crippen LogP contribution is -2.42. The summed E-state index contributed by atoms with van der Waals surface area (Å²) in [5.41, 5.74) is 5.07. The maximum Gasteiger partial charge on any atom is 0.110 e. The lowest BCUT2D eigenvalue weighted by Gasteiger charge is -2.40. The van der Waals surface area contributed by atoms with Crippen LogP contribution in [0.15, 0.2) is 48.8 Å². The Morgan fingerprint density at radius 1 is 1.03 bits per heavy atom. The maximum absolute atomic E-state index is 6.65. The third-order valence-electron chi connectivity index (χ3n) is 7.82. The molecule has 0 saturated heterocycles. The number of imidazole rings is 1. The molecule has 37 heavy (non-hydrogen) atoms. The normalized spacial score (nSPS) is 17.9. The minimum atomic E-state index is 0.581. The van der Waals surface area contributed by atoms with Crippen LogP contribution in [0.4, 0.5) is 5.69 Å². The topological polar surface area (TPSA) is 36.3 Å². The number of rotatable bonds is 11. The Balaban J connectivity index is 1.36. The van der Waals surface area contributed by atoms with Crippen molar-refractivity contribution in [2.75, 3.05) is 32.1 Å². The number of nitrogens with one attached hydrogen (secondary N) is 1. The van der Waals surface area contributed by atoms with Gasteiger partial charge in [0.1, 0.15) is 5.82 Å². The van der Waals surface area contributed by atoms with E-state index in [2.05, 4.69) is 70.8 Å². The molecule has 0 radical (unpaired) electrons. The number of halogens is 2. The molecule has 3 aromatic rings. The first-order chi connectivity index (χ1) is 17.9. The zero-order valence-electron chi connectivity index (χ0n) is 22.7. The van der Waals surface area contributed by atoms with Gasteiger partial charge in [0.25, 0.3) is 0 Å². The molecule has 0 aliphatic heterocycles. The summed E-state index contributed by atoms with van der Waals surface area (Å²) in [5, 5.41) is 5.21. The third-order valence-corrected chi connectivity index (χ3v) is 8.28. The molecule has 2 aromatic carbocycles. The van der Waals surface area contributed by atoms with E-state index in [1.165, 1.54) is 48.1 Å². The molecule has 0 atom stereocenters. The van der Waals surface area contributed by atoms with Crippen molar-refractivity contribution in [1.29, 1.82) is 0 Å². The minimum absolute atomic E-state index is 0.581. The van der Waals surface area contributed by atoms with E-state index >= 15 is 0 Å². The number of hydrogen-bond donors (Lipinski definition) is 1. The van der Waals surface area contributed by atoms with Crippen molar-refractivity contribution < 1.29 is 0 Å². The quantitative estimate of drug-likeness (QED) is 0.278. The maximum atomic E-state index is 6.65. The van der Waals surface area contributed by atoms with Crippen molar-refractivity contribution in [1.82, 2.24) is 19.8 Å². The number of hydrogen-bond acceptors (Lipinski definition) is 4. The molecular formula is C30H41Cl2N5. The van der Waals surface area contributed by atoms with Crippen molar-refractivity contribution in [3.63, 3.8) is 0 Å². The van der Waals surface area contributed by atoms with E-state index in [9.17, 15) is 0 Å². The van der Waals surface area contributed by atoms with Gasteiger partial charge < -0.3 is 19.7 Å². The zero-order chi connectivity index (χ0) is 26.4. The van der Waals surface area contributed by atoms with Crippen molar-refractivity contribution in [3.8, 4) is 0 Å². The molecule has 7 heteroatoms. The first-order valence-corrected chi connectivity index (χ1v) is 14.3. The highest BCUT2D eigenvalue weighted by atomic mass is 35.5. The Bertz CT molecular complexity index is 1150. The molecule has 1 saturated carbocycles. The molecule has 0 spiro atoms. The highest BCUT2D eigenvalue weighted by Crippen LogP contribution is 2.34. The van der Waals surface area contributed by atoms with E-state index in [4.69, 9.17) is 23.2 Å². The second kappa shape index (κ2) is 13.1. The highest BCUT2D eigenvalue weighted by Gasteiger charge is 2.27. The molecule has 1 N–H and O–H groups in total. The van der Waals surface area contributed by atoms with Gasteiger partial charge in [-0.05, 0) is 94.6 Å². The average Bonchev–Trinajstić information content (AvgIpc) is 3.31. The van der Waals surface area contributed by atoms with Gasteiger partial charge in [0, 0.05) is 72.8 Å². The van der Waals surface area contributed by atoms with Crippen LogP contribution >= 0.6 is 23.2 Å². The van der Waals surface area contributed by atoms with Gasteiger partial charge >= 0.3 is 0 Å². The Morgan fingerprint density at radius 2 is 1.78 bits per heavy atom. The first kappa shape index (κ1) is 28.0. The molecule has 1 heterocycles. The van der Waals surface area contributed by atoms with Crippen LogP contribution in [-0.2, 0) is 19.5 Å². The standard InChI is InChI=1S/C30H41Cl2N5/c1-5-37(28-11-9-27(10-12-28)35(3)4)29-19-26(32)18-24(22(29)2)20-33-14-13-30-34-15-16-36(30)21-23-7-6-8-25(31)17-23/h6-8,15-19,27-28,33H,5,9-14,20-21H2,1-4H3. The van der Waals surface area contributed by atoms with Crippen LogP contribution in [-0.4, -0.2) is 53.7 Å². The van der Waals surface area contributed by atoms with Gasteiger partial charge in [-0.1, -0.05) is 35.3 Å². The van der Waals surface area contributed by atoms with Crippen LogP contribution in [0.1, 0.15) is 55.1 Å². The second-order valence-corrected chi connectivity index (χ2v) is 11.3. The van der Waals surface area contributed by atoms with Gasteiger partial charge in [0.05, 0.1) is 0 Å². The van der Waals surface area contributed by atoms with Gasteiger partial charge in [-0.2, -0.15) is 0 Å². The first-order valence-electron chi connectivity index (χ1n) is 13.5. The van der Waals surface area contributed by atoms with Crippen LogP contribution < -0.4 is 10.2 Å². The third kappa shape index (κ3) is 7.29. The van der Waals surface area contributed by atoms with Crippen LogP contribution in [0.25, 0.3) is 0 Å². The van der Waals surface area contributed by atoms with Gasteiger partial charge in [0.15, 0.2) is 0 Å². The molecular weight excluding hydrogens is 501 g/mol. The van der Waals surface area contributed by atoms with Crippen LogP contribution in [0.5, 0.6) is 0 Å². The fraction of sp³-hybridized carbons (Fsp3) is 0.500. The Hall–Kier alpha value is -2.05. The van der Waals surface area contributed by atoms with Crippen LogP contribution in [0, 0.1) is 6.92 Å². The van der Waals surface area contributed by atoms with Crippen LogP contribution in [0.2, 0.25) is 10.0 Å². The minimum Gasteiger partial charge on any atom is -0.369 e. The summed E-state index contributed by atoms with van der Waals surface area (Å²) in [4.78, 5) is 9.55. The SMILES string of the molecule is CCN(c1cc(Cl)cc(CNCCc2nccn2Cc2cccc(Cl)c2)c1C)C1CCC(N(C)C)CC1. The van der Waals surface area contributed by atoms with Gasteiger partial charge in [-0.15, -0.1) is 0 Å². The summed E-state index contributed by atoms with van der Waals surface area (Å²) in [6.07, 6.45) is 9.75. The second-order valence-electron chi connectivity index (χ2n) is 10.4. The molecule has 1 aromatic heterocycles. The van der Waals surface area contributed by atoms with Crippen molar-refractivity contribution in [2.45, 2.75) is 71.1 Å². The summed E-state index contributed by atoms with van der Waals surface area (Å²) in [6.45, 7) is 7.92. The van der Waals surface area contributed by atoms with Gasteiger partial charge in [-0.25, -0.2) is 4.98 Å². The van der Waals surface area contributed by atoms with Crippen molar-refractivity contribution in [2.24, 2.45) is 0 Å². The van der Waals surface area contributed by atoms with E-state index in [-0.39, 0.29) is 0 Å². The van der Waals surface area contributed by atoms with E-state index in [0.717, 1.165) is 48.5 Å². The molecule has 200 valence electrons. The molecule has 0 amide bonds. The Kier molecular flexibility index (Phi) is 9.94. The van der Waals surface area contributed by atoms with Crippen molar-refractivity contribution >= 4 is 28.9 Å². The fourth-order valence-corrected chi connectivity index (χ4v) is 6.13. The molecule has 4 rings (SSSR count). The largest absolute Gasteiger partial charge is 0.369 e. The monoisotopic (exact) mass is 541 g/mol. The molecule has 1 fully saturated rings. The summed E-state index contributed by atoms with van der Waals surface area (Å²) >= 11 is 12.8. The van der Waals surface area contributed by atoms with E-state index in [1.807, 2.05) is 30.6 Å². The Morgan fingerprint density at radius 3 is 2.49 bits per heavy atom. The predicted molar refractivity (Wildman–Crippen MR) is 157 cm³/mol. The lowest BCUT2D eigenvalue weighted by molar-refractivity contribution is 0.214. The van der Waals surface area contributed by atoms with Crippen LogP contribution in [0.3, 0.4) is 0 Å². The van der Waals surface area contributed by atoms with Gasteiger partial charge in [-0.3, -0.25) is 0 Å². The molecule has 0 unspecified atom stereocenters. The number of anilines is 1. The Labute approximate surface area is 232 Å². The summed E-state index contributed by atoms with van der Waals surface area (Å²) in [7, 11) is 4.41. The summed E-state index contributed by atoms with van der Waals surface area (Å²) in [5.74, 6) is 1.07. The summed E-state index contributed by atoms with van der Waals surface area (Å²) in [6, 6.07) is 13.6. The molecule has 1 aliphatic carbocycles. The predicted octanol–water partition coefficient (Wildman–Crippen LogP) is 6.58. The molecule has 5 nitrogen and oxygen atoms in total. The molecule has 0 bridgehead atoms. The number of nitrogens with zero attached hydrogens (tertiary/aromatic N) is 4. The highest BCUT2D eigenvalue weighted by molar-refractivity contribution is 6.31. The fourth-order valence-electron chi connectivity index (χ4n) is 5.68. The summed E-state index contributed by atoms with van der Waals surface area (Å²) < 4.78 is 2.19. The van der Waals surface area contributed by atoms with E-state index in [0.29, 0.717) is 12.1 Å². The van der Waals surface area contributed by atoms with Gasteiger partial charge in [0.2, 0.25) is 0 Å². The van der Waals surface area contributed by atoms with E-state index in [1.54, 1.807) is 0 Å². The van der Waals surface area contributed by atoms with Crippen molar-refractivity contribution in [3.05, 3.63) is 81.4 Å². The smallest absolute Gasteiger partial charge is 0.110 e. The number of benzene rings is 2. The molecule has 1 aliphatic rings. The average molecular weight is 543 g/mol. The van der Waals surface area contributed by atoms with E-state index < -0.39 is 0 Å².